The molecule has 2 amide bonds. The fourth-order valence-electron chi connectivity index (χ4n) is 2.99. The van der Waals surface area contributed by atoms with Crippen LogP contribution in [0.25, 0.3) is 0 Å². The average Bonchev–Trinajstić information content (AvgIpc) is 2.58. The number of hydrogen-bond donors (Lipinski definition) is 2. The zero-order chi connectivity index (χ0) is 19.0. The molecule has 0 aromatic heterocycles. The van der Waals surface area contributed by atoms with Crippen molar-refractivity contribution in [1.29, 1.82) is 0 Å². The standard InChI is InChI=1S/C20H30N2O4/c1-20(2,3)26-19(24)22-17-11-9-15(10-12-17)13-21-18(23)25-14-16-7-5-4-6-8-16/h4-8,15,17H,9-14H2,1-3H3,(H,21,23)(H,22,24). The molecule has 2 N–H and O–H groups in total. The van der Waals surface area contributed by atoms with Crippen molar-refractivity contribution >= 4 is 12.2 Å². The van der Waals surface area contributed by atoms with Crippen molar-refractivity contribution < 1.29 is 19.1 Å². The van der Waals surface area contributed by atoms with Crippen LogP contribution in [0.1, 0.15) is 52.0 Å². The minimum atomic E-state index is -0.481. The van der Waals surface area contributed by atoms with Crippen molar-refractivity contribution in [2.24, 2.45) is 5.92 Å². The van der Waals surface area contributed by atoms with Crippen LogP contribution in [0.15, 0.2) is 30.3 Å². The second-order valence-electron chi connectivity index (χ2n) is 7.81. The molecule has 6 heteroatoms. The van der Waals surface area contributed by atoms with Gasteiger partial charge in [-0.2, -0.15) is 0 Å². The largest absolute Gasteiger partial charge is 0.445 e. The van der Waals surface area contributed by atoms with Crippen LogP contribution in [-0.2, 0) is 16.1 Å². The summed E-state index contributed by atoms with van der Waals surface area (Å²) < 4.78 is 10.5. The molecular formula is C20H30N2O4. The van der Waals surface area contributed by atoms with Gasteiger partial charge in [-0.1, -0.05) is 30.3 Å². The molecule has 0 spiro atoms. The van der Waals surface area contributed by atoms with Crippen LogP contribution in [0, 0.1) is 5.92 Å². The highest BCUT2D eigenvalue weighted by Gasteiger charge is 2.25. The van der Waals surface area contributed by atoms with E-state index in [1.54, 1.807) is 0 Å². The van der Waals surface area contributed by atoms with Gasteiger partial charge in [0.05, 0.1) is 0 Å². The molecule has 0 aliphatic heterocycles. The van der Waals surface area contributed by atoms with Gasteiger partial charge in [-0.15, -0.1) is 0 Å². The van der Waals surface area contributed by atoms with Gasteiger partial charge < -0.3 is 20.1 Å². The first-order valence-electron chi connectivity index (χ1n) is 9.26. The number of hydrogen-bond acceptors (Lipinski definition) is 4. The summed E-state index contributed by atoms with van der Waals surface area (Å²) in [6.07, 6.45) is 2.96. The van der Waals surface area contributed by atoms with E-state index in [1.165, 1.54) is 0 Å². The molecule has 2 rings (SSSR count). The van der Waals surface area contributed by atoms with Crippen LogP contribution in [-0.4, -0.2) is 30.4 Å². The molecular weight excluding hydrogens is 332 g/mol. The average molecular weight is 362 g/mol. The molecule has 0 unspecified atom stereocenters. The van der Waals surface area contributed by atoms with Crippen molar-refractivity contribution in [1.82, 2.24) is 10.6 Å². The van der Waals surface area contributed by atoms with Gasteiger partial charge in [-0.3, -0.25) is 0 Å². The number of ether oxygens (including phenoxy) is 2. The number of rotatable bonds is 5. The second-order valence-corrected chi connectivity index (χ2v) is 7.81. The zero-order valence-electron chi connectivity index (χ0n) is 15.9. The molecule has 1 aromatic rings. The smallest absolute Gasteiger partial charge is 0.407 e. The first kappa shape index (κ1) is 20.1. The predicted molar refractivity (Wildman–Crippen MR) is 99.7 cm³/mol. The van der Waals surface area contributed by atoms with E-state index in [1.807, 2.05) is 51.1 Å². The number of benzene rings is 1. The maximum Gasteiger partial charge on any atom is 0.407 e. The van der Waals surface area contributed by atoms with Crippen molar-refractivity contribution in [3.8, 4) is 0 Å². The highest BCUT2D eigenvalue weighted by Crippen LogP contribution is 2.24. The van der Waals surface area contributed by atoms with Gasteiger partial charge >= 0.3 is 12.2 Å². The number of nitrogens with one attached hydrogen (secondary N) is 2. The van der Waals surface area contributed by atoms with E-state index in [9.17, 15) is 9.59 Å². The summed E-state index contributed by atoms with van der Waals surface area (Å²) >= 11 is 0. The Morgan fingerprint density at radius 2 is 1.69 bits per heavy atom. The molecule has 1 aliphatic rings. The van der Waals surface area contributed by atoms with E-state index >= 15 is 0 Å². The lowest BCUT2D eigenvalue weighted by molar-refractivity contribution is 0.0487. The zero-order valence-corrected chi connectivity index (χ0v) is 15.9. The lowest BCUT2D eigenvalue weighted by Crippen LogP contribution is -2.42. The minimum Gasteiger partial charge on any atom is -0.445 e. The van der Waals surface area contributed by atoms with Crippen LogP contribution in [0.3, 0.4) is 0 Å². The molecule has 6 nitrogen and oxygen atoms in total. The van der Waals surface area contributed by atoms with Gasteiger partial charge in [0.1, 0.15) is 12.2 Å². The molecule has 0 heterocycles. The lowest BCUT2D eigenvalue weighted by atomic mass is 9.86. The maximum absolute atomic E-state index is 11.8. The van der Waals surface area contributed by atoms with Gasteiger partial charge in [-0.05, 0) is 57.9 Å². The first-order chi connectivity index (χ1) is 12.3. The summed E-state index contributed by atoms with van der Waals surface area (Å²) in [6.45, 7) is 6.44. The molecule has 26 heavy (non-hydrogen) atoms. The third-order valence-corrected chi connectivity index (χ3v) is 4.32. The van der Waals surface area contributed by atoms with E-state index in [-0.39, 0.29) is 24.8 Å². The van der Waals surface area contributed by atoms with Crippen molar-refractivity contribution in [3.63, 3.8) is 0 Å². The summed E-state index contributed by atoms with van der Waals surface area (Å²) in [5.41, 5.74) is 0.488. The Hall–Kier alpha value is -2.24. The minimum absolute atomic E-state index is 0.145. The van der Waals surface area contributed by atoms with E-state index < -0.39 is 5.60 Å². The fourth-order valence-corrected chi connectivity index (χ4v) is 2.99. The summed E-state index contributed by atoms with van der Waals surface area (Å²) in [7, 11) is 0. The first-order valence-corrected chi connectivity index (χ1v) is 9.26. The monoisotopic (exact) mass is 362 g/mol. The summed E-state index contributed by atoms with van der Waals surface area (Å²) in [5, 5.41) is 5.76. The Bertz CT molecular complexity index is 575. The molecule has 0 bridgehead atoms. The molecule has 1 aliphatic carbocycles. The quantitative estimate of drug-likeness (QED) is 0.830. The normalized spacial score (nSPS) is 20.1. The Morgan fingerprint density at radius 1 is 1.04 bits per heavy atom. The molecule has 0 saturated heterocycles. The van der Waals surface area contributed by atoms with Gasteiger partial charge in [-0.25, -0.2) is 9.59 Å². The summed E-state index contributed by atoms with van der Waals surface area (Å²) in [4.78, 5) is 23.6. The predicted octanol–water partition coefficient (Wildman–Crippen LogP) is 4.00. The molecule has 144 valence electrons. The fraction of sp³-hybridized carbons (Fsp3) is 0.600. The Morgan fingerprint density at radius 3 is 2.31 bits per heavy atom. The van der Waals surface area contributed by atoms with E-state index in [2.05, 4.69) is 10.6 Å². The Labute approximate surface area is 155 Å². The summed E-state index contributed by atoms with van der Waals surface area (Å²) in [5.74, 6) is 0.413. The Kier molecular flexibility index (Phi) is 7.30. The van der Waals surface area contributed by atoms with E-state index in [4.69, 9.17) is 9.47 Å². The van der Waals surface area contributed by atoms with Gasteiger partial charge in [0.25, 0.3) is 0 Å². The van der Waals surface area contributed by atoms with Gasteiger partial charge in [0.2, 0.25) is 0 Å². The third kappa shape index (κ3) is 7.76. The third-order valence-electron chi connectivity index (χ3n) is 4.32. The lowest BCUT2D eigenvalue weighted by Gasteiger charge is -2.30. The molecule has 0 atom stereocenters. The van der Waals surface area contributed by atoms with Crippen LogP contribution < -0.4 is 10.6 Å². The maximum atomic E-state index is 11.8. The topological polar surface area (TPSA) is 76.7 Å². The van der Waals surface area contributed by atoms with Crippen LogP contribution in [0.2, 0.25) is 0 Å². The molecule has 1 fully saturated rings. The summed E-state index contributed by atoms with van der Waals surface area (Å²) in [6, 6.07) is 9.75. The molecule has 1 aromatic carbocycles. The van der Waals surface area contributed by atoms with Gasteiger partial charge in [0, 0.05) is 12.6 Å². The molecule has 0 radical (unpaired) electrons. The highest BCUT2D eigenvalue weighted by molar-refractivity contribution is 5.68. The highest BCUT2D eigenvalue weighted by atomic mass is 16.6. The van der Waals surface area contributed by atoms with Crippen molar-refractivity contribution in [3.05, 3.63) is 35.9 Å². The van der Waals surface area contributed by atoms with Crippen LogP contribution >= 0.6 is 0 Å². The van der Waals surface area contributed by atoms with Gasteiger partial charge in [0.15, 0.2) is 0 Å². The number of carbonyl (C=O) groups is 2. The van der Waals surface area contributed by atoms with E-state index in [0.717, 1.165) is 31.2 Å². The van der Waals surface area contributed by atoms with Crippen LogP contribution in [0.5, 0.6) is 0 Å². The molecule has 1 saturated carbocycles. The SMILES string of the molecule is CC(C)(C)OC(=O)NC1CCC(CNC(=O)OCc2ccccc2)CC1. The van der Waals surface area contributed by atoms with Crippen molar-refractivity contribution in [2.45, 2.75) is 64.7 Å². The number of amides is 2. The van der Waals surface area contributed by atoms with E-state index in [0.29, 0.717) is 12.5 Å². The second kappa shape index (κ2) is 9.46. The van der Waals surface area contributed by atoms with Crippen LogP contribution in [0.4, 0.5) is 9.59 Å². The Balaban J connectivity index is 1.60. The van der Waals surface area contributed by atoms with Crippen molar-refractivity contribution in [2.75, 3.05) is 6.54 Å². The number of carbonyl (C=O) groups excluding carboxylic acids is 2. The number of alkyl carbamates (subject to hydrolysis) is 2.